The first kappa shape index (κ1) is 19.6. The monoisotopic (exact) mass is 397 g/mol. The van der Waals surface area contributed by atoms with Gasteiger partial charge in [0.1, 0.15) is 0 Å². The first-order valence-electron chi connectivity index (χ1n) is 9.97. The second kappa shape index (κ2) is 8.78. The Bertz CT molecular complexity index is 1090. The highest BCUT2D eigenvalue weighted by Crippen LogP contribution is 2.26. The van der Waals surface area contributed by atoms with Crippen molar-refractivity contribution in [2.75, 3.05) is 13.7 Å². The third-order valence-corrected chi connectivity index (χ3v) is 5.35. The van der Waals surface area contributed by atoms with E-state index in [2.05, 4.69) is 0 Å². The summed E-state index contributed by atoms with van der Waals surface area (Å²) in [5.74, 6) is -0.380. The Labute approximate surface area is 176 Å². The summed E-state index contributed by atoms with van der Waals surface area (Å²) in [6, 6.07) is 25.2. The van der Waals surface area contributed by atoms with Crippen molar-refractivity contribution in [3.05, 3.63) is 107 Å². The highest BCUT2D eigenvalue weighted by atomic mass is 16.5. The van der Waals surface area contributed by atoms with Gasteiger partial charge in [-0.25, -0.2) is 4.79 Å². The van der Waals surface area contributed by atoms with E-state index in [1.54, 1.807) is 6.07 Å². The molecule has 0 saturated carbocycles. The molecule has 1 amide bonds. The lowest BCUT2D eigenvalue weighted by Gasteiger charge is -2.30. The summed E-state index contributed by atoms with van der Waals surface area (Å²) in [6.07, 6.45) is 2.70. The maximum Gasteiger partial charge on any atom is 0.337 e. The van der Waals surface area contributed by atoms with Crippen LogP contribution in [-0.4, -0.2) is 30.4 Å². The predicted octanol–water partition coefficient (Wildman–Crippen LogP) is 4.60. The van der Waals surface area contributed by atoms with E-state index < -0.39 is 0 Å². The van der Waals surface area contributed by atoms with Crippen molar-refractivity contribution < 1.29 is 14.3 Å². The minimum atomic E-state index is -0.366. The van der Waals surface area contributed by atoms with Crippen LogP contribution in [0.2, 0.25) is 0 Å². The van der Waals surface area contributed by atoms with E-state index in [9.17, 15) is 9.59 Å². The van der Waals surface area contributed by atoms with Gasteiger partial charge in [0.2, 0.25) is 0 Å². The van der Waals surface area contributed by atoms with Crippen LogP contribution in [0.3, 0.4) is 0 Å². The molecular formula is C26H23NO3. The first-order valence-corrected chi connectivity index (χ1v) is 9.97. The van der Waals surface area contributed by atoms with Crippen LogP contribution in [0.1, 0.15) is 32.6 Å². The maximum absolute atomic E-state index is 13.6. The van der Waals surface area contributed by atoms with Crippen molar-refractivity contribution in [1.29, 1.82) is 0 Å². The Hall–Kier alpha value is -3.66. The van der Waals surface area contributed by atoms with Gasteiger partial charge in [0, 0.05) is 18.7 Å². The van der Waals surface area contributed by atoms with Gasteiger partial charge in [-0.2, -0.15) is 0 Å². The number of amides is 1. The lowest BCUT2D eigenvalue weighted by atomic mass is 9.95. The van der Waals surface area contributed by atoms with Gasteiger partial charge in [-0.1, -0.05) is 66.7 Å². The Kier molecular flexibility index (Phi) is 5.75. The minimum Gasteiger partial charge on any atom is -0.465 e. The third-order valence-electron chi connectivity index (χ3n) is 5.35. The lowest BCUT2D eigenvalue weighted by molar-refractivity contribution is -0.125. The zero-order chi connectivity index (χ0) is 20.9. The van der Waals surface area contributed by atoms with E-state index in [0.717, 1.165) is 23.1 Å². The van der Waals surface area contributed by atoms with Crippen LogP contribution in [0, 0.1) is 0 Å². The normalized spacial score (nSPS) is 13.5. The van der Waals surface area contributed by atoms with Crippen LogP contribution in [0.15, 0.2) is 78.9 Å². The summed E-state index contributed by atoms with van der Waals surface area (Å²) in [5, 5.41) is 0. The molecule has 3 aromatic rings. The molecule has 3 aromatic carbocycles. The molecule has 0 atom stereocenters. The van der Waals surface area contributed by atoms with Crippen molar-refractivity contribution in [3.8, 4) is 0 Å². The number of benzene rings is 3. The SMILES string of the molecule is COC(=O)c1ccc2c(c1)CN(C(=O)C(=Cc1ccccc1)c1ccccc1)CC2. The molecule has 0 aliphatic carbocycles. The highest BCUT2D eigenvalue weighted by Gasteiger charge is 2.25. The second-order valence-electron chi connectivity index (χ2n) is 7.29. The molecule has 1 aliphatic heterocycles. The van der Waals surface area contributed by atoms with Gasteiger partial charge in [-0.15, -0.1) is 0 Å². The van der Waals surface area contributed by atoms with Crippen molar-refractivity contribution in [1.82, 2.24) is 4.90 Å². The van der Waals surface area contributed by atoms with E-state index in [1.807, 2.05) is 83.8 Å². The average molecular weight is 397 g/mol. The molecule has 0 N–H and O–H groups in total. The van der Waals surface area contributed by atoms with Crippen LogP contribution in [0.4, 0.5) is 0 Å². The van der Waals surface area contributed by atoms with Gasteiger partial charge in [0.15, 0.2) is 0 Å². The van der Waals surface area contributed by atoms with E-state index in [0.29, 0.717) is 24.2 Å². The number of fused-ring (bicyclic) bond motifs is 1. The third kappa shape index (κ3) is 4.18. The summed E-state index contributed by atoms with van der Waals surface area (Å²) in [6.45, 7) is 1.11. The van der Waals surface area contributed by atoms with Crippen LogP contribution in [0.5, 0.6) is 0 Å². The molecule has 4 nitrogen and oxygen atoms in total. The molecule has 4 rings (SSSR count). The van der Waals surface area contributed by atoms with Crippen LogP contribution >= 0.6 is 0 Å². The van der Waals surface area contributed by atoms with Crippen LogP contribution in [-0.2, 0) is 22.5 Å². The number of carbonyl (C=O) groups excluding carboxylic acids is 2. The number of carbonyl (C=O) groups is 2. The van der Waals surface area contributed by atoms with E-state index >= 15 is 0 Å². The molecule has 0 aromatic heterocycles. The topological polar surface area (TPSA) is 46.6 Å². The zero-order valence-corrected chi connectivity index (χ0v) is 16.9. The predicted molar refractivity (Wildman–Crippen MR) is 118 cm³/mol. The number of rotatable bonds is 4. The number of hydrogen-bond acceptors (Lipinski definition) is 3. The quantitative estimate of drug-likeness (QED) is 0.367. The van der Waals surface area contributed by atoms with Gasteiger partial charge in [-0.3, -0.25) is 4.79 Å². The van der Waals surface area contributed by atoms with Crippen LogP contribution in [0.25, 0.3) is 11.6 Å². The molecule has 0 unspecified atom stereocenters. The number of methoxy groups -OCH3 is 1. The Morgan fingerprint density at radius 1 is 0.867 bits per heavy atom. The van der Waals surface area contributed by atoms with E-state index in [1.165, 1.54) is 12.7 Å². The Morgan fingerprint density at radius 2 is 1.57 bits per heavy atom. The van der Waals surface area contributed by atoms with Crippen LogP contribution < -0.4 is 0 Å². The van der Waals surface area contributed by atoms with Crippen molar-refractivity contribution in [2.24, 2.45) is 0 Å². The fourth-order valence-corrected chi connectivity index (χ4v) is 3.75. The molecule has 0 saturated heterocycles. The van der Waals surface area contributed by atoms with Crippen molar-refractivity contribution in [3.63, 3.8) is 0 Å². The molecule has 1 heterocycles. The molecule has 1 aliphatic rings. The fraction of sp³-hybridized carbons (Fsp3) is 0.154. The summed E-state index contributed by atoms with van der Waals surface area (Å²) < 4.78 is 4.84. The molecule has 0 fully saturated rings. The van der Waals surface area contributed by atoms with Crippen molar-refractivity contribution in [2.45, 2.75) is 13.0 Å². The van der Waals surface area contributed by atoms with Crippen molar-refractivity contribution >= 4 is 23.5 Å². The molecule has 30 heavy (non-hydrogen) atoms. The number of nitrogens with zero attached hydrogens (tertiary/aromatic N) is 1. The second-order valence-corrected chi connectivity index (χ2v) is 7.29. The molecule has 0 bridgehead atoms. The molecule has 150 valence electrons. The van der Waals surface area contributed by atoms with E-state index in [-0.39, 0.29) is 11.9 Å². The zero-order valence-electron chi connectivity index (χ0n) is 16.9. The number of esters is 1. The fourth-order valence-electron chi connectivity index (χ4n) is 3.75. The van der Waals surface area contributed by atoms with Gasteiger partial charge in [0.25, 0.3) is 5.91 Å². The van der Waals surface area contributed by atoms with Gasteiger partial charge < -0.3 is 9.64 Å². The molecule has 0 spiro atoms. The molecule has 4 heteroatoms. The minimum absolute atomic E-state index is 0.0147. The van der Waals surface area contributed by atoms with E-state index in [4.69, 9.17) is 4.74 Å². The summed E-state index contributed by atoms with van der Waals surface area (Å²) >= 11 is 0. The lowest BCUT2D eigenvalue weighted by Crippen LogP contribution is -2.36. The number of ether oxygens (including phenoxy) is 1. The summed E-state index contributed by atoms with van der Waals surface area (Å²) in [4.78, 5) is 27.3. The summed E-state index contributed by atoms with van der Waals surface area (Å²) in [5.41, 5.74) is 5.20. The molecular weight excluding hydrogens is 374 g/mol. The average Bonchev–Trinajstić information content (AvgIpc) is 2.82. The first-order chi connectivity index (χ1) is 14.7. The summed E-state index contributed by atoms with van der Waals surface area (Å²) in [7, 11) is 1.37. The standard InChI is InChI=1S/C26H23NO3/c1-30-26(29)22-13-12-20-14-15-27(18-23(20)17-22)25(28)24(21-10-6-3-7-11-21)16-19-8-4-2-5-9-19/h2-13,16-17H,14-15,18H2,1H3. The Morgan fingerprint density at radius 3 is 2.27 bits per heavy atom. The maximum atomic E-state index is 13.6. The molecule has 0 radical (unpaired) electrons. The number of hydrogen-bond donors (Lipinski definition) is 0. The van der Waals surface area contributed by atoms with Gasteiger partial charge in [0.05, 0.1) is 12.7 Å². The van der Waals surface area contributed by atoms with Gasteiger partial charge >= 0.3 is 5.97 Å². The largest absolute Gasteiger partial charge is 0.465 e. The highest BCUT2D eigenvalue weighted by molar-refractivity contribution is 6.24. The van der Waals surface area contributed by atoms with Gasteiger partial charge in [-0.05, 0) is 46.9 Å². The smallest absolute Gasteiger partial charge is 0.337 e. The Balaban J connectivity index is 1.66.